The first-order valence-corrected chi connectivity index (χ1v) is 6.16. The minimum atomic E-state index is 0.688. The van der Waals surface area contributed by atoms with E-state index in [1.165, 1.54) is 25.7 Å². The van der Waals surface area contributed by atoms with Crippen molar-refractivity contribution in [1.29, 1.82) is 0 Å². The highest BCUT2D eigenvalue weighted by Gasteiger charge is 2.33. The molecule has 14 heavy (non-hydrogen) atoms. The fourth-order valence-corrected chi connectivity index (χ4v) is 3.12. The topological polar surface area (TPSA) is 52.0 Å². The second-order valence-electron chi connectivity index (χ2n) is 4.80. The molecule has 0 heterocycles. The molecule has 0 saturated heterocycles. The molecule has 0 bridgehead atoms. The summed E-state index contributed by atoms with van der Waals surface area (Å²) in [4.78, 5) is 0. The number of nitrogens with two attached hydrogens (primary N) is 2. The van der Waals surface area contributed by atoms with Crippen LogP contribution in [0.4, 0.5) is 0 Å². The molecule has 0 aromatic rings. The van der Waals surface area contributed by atoms with Gasteiger partial charge in [-0.25, -0.2) is 0 Å². The monoisotopic (exact) mass is 198 g/mol. The van der Waals surface area contributed by atoms with Crippen molar-refractivity contribution in [3.05, 3.63) is 0 Å². The van der Waals surface area contributed by atoms with E-state index in [0.29, 0.717) is 11.8 Å². The summed E-state index contributed by atoms with van der Waals surface area (Å²) < 4.78 is 0. The third-order valence-electron chi connectivity index (χ3n) is 4.20. The van der Waals surface area contributed by atoms with Gasteiger partial charge in [-0.2, -0.15) is 0 Å². The molecule has 0 amide bonds. The van der Waals surface area contributed by atoms with Gasteiger partial charge in [0.15, 0.2) is 0 Å². The summed E-state index contributed by atoms with van der Waals surface area (Å²) in [6.45, 7) is 6.27. The molecule has 1 aliphatic rings. The van der Waals surface area contributed by atoms with E-state index < -0.39 is 0 Å². The fraction of sp³-hybridized carbons (Fsp3) is 1.00. The van der Waals surface area contributed by atoms with E-state index in [9.17, 15) is 0 Å². The standard InChI is InChI=1S/C12H26N2/c1-3-9-5-11(7-13)12(8-14)6-10(9)4-2/h9-12H,3-8,13-14H2,1-2H3. The molecule has 1 saturated carbocycles. The summed E-state index contributed by atoms with van der Waals surface area (Å²) in [5.74, 6) is 3.17. The van der Waals surface area contributed by atoms with Crippen LogP contribution in [0.1, 0.15) is 39.5 Å². The zero-order valence-corrected chi connectivity index (χ0v) is 9.71. The van der Waals surface area contributed by atoms with Gasteiger partial charge >= 0.3 is 0 Å². The van der Waals surface area contributed by atoms with Crippen LogP contribution in [0.5, 0.6) is 0 Å². The van der Waals surface area contributed by atoms with Crippen LogP contribution in [0.15, 0.2) is 0 Å². The van der Waals surface area contributed by atoms with Gasteiger partial charge in [-0.05, 0) is 49.6 Å². The third-order valence-corrected chi connectivity index (χ3v) is 4.20. The van der Waals surface area contributed by atoms with Gasteiger partial charge in [0.1, 0.15) is 0 Å². The van der Waals surface area contributed by atoms with Crippen LogP contribution in [0.3, 0.4) is 0 Å². The van der Waals surface area contributed by atoms with E-state index >= 15 is 0 Å². The Morgan fingerprint density at radius 3 is 1.36 bits per heavy atom. The average Bonchev–Trinajstić information content (AvgIpc) is 2.26. The van der Waals surface area contributed by atoms with Crippen LogP contribution in [0.2, 0.25) is 0 Å². The number of hydrogen-bond donors (Lipinski definition) is 2. The zero-order valence-electron chi connectivity index (χ0n) is 9.71. The van der Waals surface area contributed by atoms with Gasteiger partial charge in [0, 0.05) is 0 Å². The quantitative estimate of drug-likeness (QED) is 0.726. The van der Waals surface area contributed by atoms with Gasteiger partial charge in [-0.1, -0.05) is 26.7 Å². The number of hydrogen-bond acceptors (Lipinski definition) is 2. The molecule has 4 N–H and O–H groups in total. The summed E-state index contributed by atoms with van der Waals surface area (Å²) in [6.07, 6.45) is 5.25. The smallest absolute Gasteiger partial charge is 0.00456 e. The molecular formula is C12H26N2. The highest BCUT2D eigenvalue weighted by Crippen LogP contribution is 2.40. The normalized spacial score (nSPS) is 38.6. The SMILES string of the molecule is CCC1CC(CN)C(CN)CC1CC. The van der Waals surface area contributed by atoms with E-state index in [1.54, 1.807) is 0 Å². The van der Waals surface area contributed by atoms with Gasteiger partial charge in [0.05, 0.1) is 0 Å². The van der Waals surface area contributed by atoms with Crippen LogP contribution in [-0.2, 0) is 0 Å². The molecule has 4 unspecified atom stereocenters. The molecule has 4 atom stereocenters. The molecule has 0 spiro atoms. The Labute approximate surface area is 88.4 Å². The second kappa shape index (κ2) is 5.72. The van der Waals surface area contributed by atoms with Gasteiger partial charge in [-0.15, -0.1) is 0 Å². The van der Waals surface area contributed by atoms with Crippen molar-refractivity contribution in [3.8, 4) is 0 Å². The molecule has 1 fully saturated rings. The van der Waals surface area contributed by atoms with E-state index in [-0.39, 0.29) is 0 Å². The summed E-state index contributed by atoms with van der Waals surface area (Å²) in [7, 11) is 0. The molecule has 0 aromatic heterocycles. The lowest BCUT2D eigenvalue weighted by molar-refractivity contribution is 0.114. The fourth-order valence-electron chi connectivity index (χ4n) is 3.12. The molecule has 1 aliphatic carbocycles. The lowest BCUT2D eigenvalue weighted by Gasteiger charge is -2.40. The lowest BCUT2D eigenvalue weighted by atomic mass is 9.66. The van der Waals surface area contributed by atoms with Gasteiger partial charge in [-0.3, -0.25) is 0 Å². The number of rotatable bonds is 4. The van der Waals surface area contributed by atoms with Gasteiger partial charge < -0.3 is 11.5 Å². The zero-order chi connectivity index (χ0) is 10.6. The first-order chi connectivity index (χ1) is 6.76. The Morgan fingerprint density at radius 2 is 1.14 bits per heavy atom. The van der Waals surface area contributed by atoms with Crippen molar-refractivity contribution in [2.45, 2.75) is 39.5 Å². The van der Waals surface area contributed by atoms with Gasteiger partial charge in [0.2, 0.25) is 0 Å². The van der Waals surface area contributed by atoms with Crippen molar-refractivity contribution in [3.63, 3.8) is 0 Å². The summed E-state index contributed by atoms with van der Waals surface area (Å²) in [6, 6.07) is 0. The maximum absolute atomic E-state index is 5.82. The van der Waals surface area contributed by atoms with Crippen LogP contribution in [0, 0.1) is 23.7 Å². The predicted octanol–water partition coefficient (Wildman–Crippen LogP) is 1.98. The highest BCUT2D eigenvalue weighted by atomic mass is 14.6. The molecule has 0 aliphatic heterocycles. The second-order valence-corrected chi connectivity index (χ2v) is 4.80. The minimum absolute atomic E-state index is 0.688. The van der Waals surface area contributed by atoms with Crippen LogP contribution in [0.25, 0.3) is 0 Å². The Morgan fingerprint density at radius 1 is 0.786 bits per heavy atom. The van der Waals surface area contributed by atoms with Crippen molar-refractivity contribution >= 4 is 0 Å². The molecular weight excluding hydrogens is 172 g/mol. The average molecular weight is 198 g/mol. The largest absolute Gasteiger partial charge is 0.330 e. The lowest BCUT2D eigenvalue weighted by Crippen LogP contribution is -2.38. The van der Waals surface area contributed by atoms with Crippen molar-refractivity contribution in [1.82, 2.24) is 0 Å². The van der Waals surface area contributed by atoms with Crippen LogP contribution in [-0.4, -0.2) is 13.1 Å². The molecule has 1 rings (SSSR count). The molecule has 0 aromatic carbocycles. The van der Waals surface area contributed by atoms with Crippen molar-refractivity contribution in [2.75, 3.05) is 13.1 Å². The Hall–Kier alpha value is -0.0800. The third kappa shape index (κ3) is 2.48. The predicted molar refractivity (Wildman–Crippen MR) is 61.9 cm³/mol. The van der Waals surface area contributed by atoms with Crippen molar-refractivity contribution < 1.29 is 0 Å². The van der Waals surface area contributed by atoms with Gasteiger partial charge in [0.25, 0.3) is 0 Å². The Kier molecular flexibility index (Phi) is 4.90. The summed E-state index contributed by atoms with van der Waals surface area (Å²) in [5, 5.41) is 0. The molecule has 2 nitrogen and oxygen atoms in total. The maximum Gasteiger partial charge on any atom is -0.00456 e. The Balaban J connectivity index is 2.59. The first kappa shape index (κ1) is 12.0. The highest BCUT2D eigenvalue weighted by molar-refractivity contribution is 4.85. The molecule has 84 valence electrons. The minimum Gasteiger partial charge on any atom is -0.330 e. The van der Waals surface area contributed by atoms with E-state index in [2.05, 4.69) is 13.8 Å². The molecule has 0 radical (unpaired) electrons. The maximum atomic E-state index is 5.82. The Bertz CT molecular complexity index is 124. The summed E-state index contributed by atoms with van der Waals surface area (Å²) in [5.41, 5.74) is 11.6. The first-order valence-electron chi connectivity index (χ1n) is 6.16. The van der Waals surface area contributed by atoms with Crippen LogP contribution < -0.4 is 11.5 Å². The van der Waals surface area contributed by atoms with E-state index in [1.807, 2.05) is 0 Å². The van der Waals surface area contributed by atoms with E-state index in [0.717, 1.165) is 24.9 Å². The van der Waals surface area contributed by atoms with E-state index in [4.69, 9.17) is 11.5 Å². The van der Waals surface area contributed by atoms with Crippen molar-refractivity contribution in [2.24, 2.45) is 35.1 Å². The van der Waals surface area contributed by atoms with Crippen LogP contribution >= 0.6 is 0 Å². The molecule has 2 heteroatoms. The summed E-state index contributed by atoms with van der Waals surface area (Å²) >= 11 is 0.